The Hall–Kier alpha value is -1.14. The number of hydrogen-bond donors (Lipinski definition) is 3. The Labute approximate surface area is 120 Å². The molecule has 0 unspecified atom stereocenters. The average Bonchev–Trinajstić information content (AvgIpc) is 2.44. The standard InChI is InChI=1S/C14H26N2O4/c17-10-9-16(12-5-2-1-3-6-12)11-13(18)15-8-4-7-14(19)20/h12,17H,1-11H2,(H,15,18)(H,19,20). The van der Waals surface area contributed by atoms with Gasteiger partial charge in [-0.1, -0.05) is 19.3 Å². The number of amides is 1. The van der Waals surface area contributed by atoms with Gasteiger partial charge in [-0.05, 0) is 19.3 Å². The summed E-state index contributed by atoms with van der Waals surface area (Å²) in [6, 6.07) is 0.390. The second-order valence-corrected chi connectivity index (χ2v) is 5.33. The predicted molar refractivity (Wildman–Crippen MR) is 75.4 cm³/mol. The van der Waals surface area contributed by atoms with Crippen LogP contribution in [0.25, 0.3) is 0 Å². The Morgan fingerprint density at radius 2 is 1.90 bits per heavy atom. The predicted octanol–water partition coefficient (Wildman–Crippen LogP) is 0.594. The summed E-state index contributed by atoms with van der Waals surface area (Å²) in [6.07, 6.45) is 6.33. The zero-order chi connectivity index (χ0) is 14.8. The first-order valence-corrected chi connectivity index (χ1v) is 7.47. The lowest BCUT2D eigenvalue weighted by atomic mass is 9.94. The second-order valence-electron chi connectivity index (χ2n) is 5.33. The van der Waals surface area contributed by atoms with Gasteiger partial charge in [-0.3, -0.25) is 14.5 Å². The summed E-state index contributed by atoms with van der Waals surface area (Å²) in [6.45, 7) is 1.26. The smallest absolute Gasteiger partial charge is 0.303 e. The van der Waals surface area contributed by atoms with E-state index in [1.807, 2.05) is 4.90 Å². The van der Waals surface area contributed by atoms with Crippen LogP contribution in [0.5, 0.6) is 0 Å². The Balaban J connectivity index is 2.28. The second kappa shape index (κ2) is 9.72. The molecule has 0 aromatic carbocycles. The van der Waals surface area contributed by atoms with Crippen LogP contribution in [0.1, 0.15) is 44.9 Å². The van der Waals surface area contributed by atoms with Crippen molar-refractivity contribution in [2.24, 2.45) is 0 Å². The van der Waals surface area contributed by atoms with E-state index < -0.39 is 5.97 Å². The first kappa shape index (κ1) is 16.9. The van der Waals surface area contributed by atoms with E-state index in [9.17, 15) is 9.59 Å². The fourth-order valence-electron chi connectivity index (χ4n) is 2.67. The molecule has 1 aliphatic carbocycles. The third-order valence-corrected chi connectivity index (χ3v) is 3.71. The molecule has 3 N–H and O–H groups in total. The minimum Gasteiger partial charge on any atom is -0.481 e. The number of carboxylic acids is 1. The Morgan fingerprint density at radius 1 is 1.20 bits per heavy atom. The number of carbonyl (C=O) groups excluding carboxylic acids is 1. The maximum absolute atomic E-state index is 11.8. The van der Waals surface area contributed by atoms with E-state index in [-0.39, 0.29) is 25.5 Å². The van der Waals surface area contributed by atoms with Gasteiger partial charge >= 0.3 is 5.97 Å². The maximum Gasteiger partial charge on any atom is 0.303 e. The van der Waals surface area contributed by atoms with Gasteiger partial charge in [0.05, 0.1) is 13.2 Å². The van der Waals surface area contributed by atoms with E-state index in [1.165, 1.54) is 19.3 Å². The maximum atomic E-state index is 11.8. The molecule has 0 aliphatic heterocycles. The van der Waals surface area contributed by atoms with Crippen LogP contribution in [-0.2, 0) is 9.59 Å². The molecule has 0 atom stereocenters. The van der Waals surface area contributed by atoms with Crippen LogP contribution < -0.4 is 5.32 Å². The summed E-state index contributed by atoms with van der Waals surface area (Å²) in [5.74, 6) is -0.933. The average molecular weight is 286 g/mol. The minimum atomic E-state index is -0.844. The molecule has 0 aromatic rings. The molecule has 0 saturated heterocycles. The lowest BCUT2D eigenvalue weighted by Gasteiger charge is -2.33. The van der Waals surface area contributed by atoms with Crippen molar-refractivity contribution >= 4 is 11.9 Å². The summed E-state index contributed by atoms with van der Waals surface area (Å²) in [5, 5.41) is 20.4. The number of carbonyl (C=O) groups is 2. The monoisotopic (exact) mass is 286 g/mol. The van der Waals surface area contributed by atoms with Crippen molar-refractivity contribution < 1.29 is 19.8 Å². The number of aliphatic carboxylic acids is 1. The summed E-state index contributed by atoms with van der Waals surface area (Å²) < 4.78 is 0. The largest absolute Gasteiger partial charge is 0.481 e. The summed E-state index contributed by atoms with van der Waals surface area (Å²) in [5.41, 5.74) is 0. The fraction of sp³-hybridized carbons (Fsp3) is 0.857. The van der Waals surface area contributed by atoms with Gasteiger partial charge in [0.25, 0.3) is 0 Å². The van der Waals surface area contributed by atoms with E-state index >= 15 is 0 Å². The van der Waals surface area contributed by atoms with Crippen LogP contribution >= 0.6 is 0 Å². The quantitative estimate of drug-likeness (QED) is 0.540. The van der Waals surface area contributed by atoms with Crippen LogP contribution in [-0.4, -0.2) is 59.3 Å². The number of hydrogen-bond acceptors (Lipinski definition) is 4. The van der Waals surface area contributed by atoms with Gasteiger partial charge < -0.3 is 15.5 Å². The number of aliphatic hydroxyl groups excluding tert-OH is 1. The van der Waals surface area contributed by atoms with Crippen molar-refractivity contribution in [3.05, 3.63) is 0 Å². The summed E-state index contributed by atoms with van der Waals surface area (Å²) in [7, 11) is 0. The molecule has 0 bridgehead atoms. The van der Waals surface area contributed by atoms with E-state index in [1.54, 1.807) is 0 Å². The highest BCUT2D eigenvalue weighted by molar-refractivity contribution is 5.78. The summed E-state index contributed by atoms with van der Waals surface area (Å²) in [4.78, 5) is 24.2. The molecule has 1 rings (SSSR count). The minimum absolute atomic E-state index is 0.0583. The van der Waals surface area contributed by atoms with Gasteiger partial charge in [0, 0.05) is 25.6 Å². The number of carboxylic acid groups (broad SMARTS) is 1. The number of nitrogens with zero attached hydrogens (tertiary/aromatic N) is 1. The lowest BCUT2D eigenvalue weighted by Crippen LogP contribution is -2.45. The molecule has 0 aromatic heterocycles. The highest BCUT2D eigenvalue weighted by Gasteiger charge is 2.22. The molecule has 0 heterocycles. The zero-order valence-electron chi connectivity index (χ0n) is 12.0. The topological polar surface area (TPSA) is 89.9 Å². The molecule has 0 radical (unpaired) electrons. The third kappa shape index (κ3) is 6.86. The van der Waals surface area contributed by atoms with Gasteiger partial charge in [-0.2, -0.15) is 0 Å². The van der Waals surface area contributed by atoms with E-state index in [4.69, 9.17) is 10.2 Å². The number of rotatable bonds is 9. The molecule has 6 heteroatoms. The number of aliphatic hydroxyl groups is 1. The first-order chi connectivity index (χ1) is 9.63. The third-order valence-electron chi connectivity index (χ3n) is 3.71. The molecular weight excluding hydrogens is 260 g/mol. The van der Waals surface area contributed by atoms with Crippen LogP contribution in [0.2, 0.25) is 0 Å². The van der Waals surface area contributed by atoms with Crippen molar-refractivity contribution in [3.8, 4) is 0 Å². The highest BCUT2D eigenvalue weighted by atomic mass is 16.4. The molecule has 116 valence electrons. The Morgan fingerprint density at radius 3 is 2.50 bits per heavy atom. The molecular formula is C14H26N2O4. The highest BCUT2D eigenvalue weighted by Crippen LogP contribution is 2.22. The van der Waals surface area contributed by atoms with Gasteiger partial charge in [-0.25, -0.2) is 0 Å². The fourth-order valence-corrected chi connectivity index (χ4v) is 2.67. The van der Waals surface area contributed by atoms with Crippen LogP contribution in [0.15, 0.2) is 0 Å². The van der Waals surface area contributed by atoms with E-state index in [0.717, 1.165) is 12.8 Å². The van der Waals surface area contributed by atoms with Crippen molar-refractivity contribution in [2.45, 2.75) is 51.0 Å². The normalized spacial score (nSPS) is 16.3. The Kier molecular flexibility index (Phi) is 8.22. The van der Waals surface area contributed by atoms with Gasteiger partial charge in [-0.15, -0.1) is 0 Å². The number of nitrogens with one attached hydrogen (secondary N) is 1. The first-order valence-electron chi connectivity index (χ1n) is 7.47. The van der Waals surface area contributed by atoms with E-state index in [2.05, 4.69) is 5.32 Å². The van der Waals surface area contributed by atoms with E-state index in [0.29, 0.717) is 25.6 Å². The molecule has 1 amide bonds. The van der Waals surface area contributed by atoms with Crippen molar-refractivity contribution in [1.82, 2.24) is 10.2 Å². The molecule has 20 heavy (non-hydrogen) atoms. The van der Waals surface area contributed by atoms with Crippen molar-refractivity contribution in [3.63, 3.8) is 0 Å². The van der Waals surface area contributed by atoms with Crippen LogP contribution in [0.3, 0.4) is 0 Å². The van der Waals surface area contributed by atoms with Crippen molar-refractivity contribution in [2.75, 3.05) is 26.2 Å². The molecule has 6 nitrogen and oxygen atoms in total. The van der Waals surface area contributed by atoms with Gasteiger partial charge in [0.15, 0.2) is 0 Å². The Bertz CT molecular complexity index is 304. The molecule has 1 fully saturated rings. The van der Waals surface area contributed by atoms with Gasteiger partial charge in [0.1, 0.15) is 0 Å². The molecule has 1 aliphatic rings. The van der Waals surface area contributed by atoms with Crippen LogP contribution in [0, 0.1) is 0 Å². The van der Waals surface area contributed by atoms with Gasteiger partial charge in [0.2, 0.25) is 5.91 Å². The summed E-state index contributed by atoms with van der Waals surface area (Å²) >= 11 is 0. The SMILES string of the molecule is O=C(O)CCCNC(=O)CN(CCO)C1CCCCC1. The van der Waals surface area contributed by atoms with Crippen molar-refractivity contribution in [1.29, 1.82) is 0 Å². The molecule has 1 saturated carbocycles. The zero-order valence-corrected chi connectivity index (χ0v) is 12.0. The molecule has 0 spiro atoms. The van der Waals surface area contributed by atoms with Crippen LogP contribution in [0.4, 0.5) is 0 Å². The lowest BCUT2D eigenvalue weighted by molar-refractivity contribution is -0.137.